The highest BCUT2D eigenvalue weighted by Gasteiger charge is 2.09. The molecule has 2 aromatic rings. The van der Waals surface area contributed by atoms with Crippen LogP contribution >= 0.6 is 11.6 Å². The molecule has 0 fully saturated rings. The third-order valence-corrected chi connectivity index (χ3v) is 2.99. The van der Waals surface area contributed by atoms with E-state index in [2.05, 4.69) is 15.3 Å². The monoisotopic (exact) mass is 319 g/mol. The molecule has 6 heteroatoms. The molecule has 1 aromatic carbocycles. The van der Waals surface area contributed by atoms with Crippen LogP contribution in [0.2, 0.25) is 5.02 Å². The average molecular weight is 320 g/mol. The molecule has 0 bridgehead atoms. The van der Waals surface area contributed by atoms with Gasteiger partial charge in [0.15, 0.2) is 12.4 Å². The van der Waals surface area contributed by atoms with E-state index >= 15 is 0 Å². The van der Waals surface area contributed by atoms with Crippen LogP contribution in [-0.2, 0) is 4.79 Å². The molecule has 0 saturated heterocycles. The fourth-order valence-corrected chi connectivity index (χ4v) is 1.97. The zero-order valence-electron chi connectivity index (χ0n) is 12.8. The summed E-state index contributed by atoms with van der Waals surface area (Å²) in [6.07, 6.45) is 0. The first-order valence-electron chi connectivity index (χ1n) is 6.98. The zero-order valence-corrected chi connectivity index (χ0v) is 13.5. The second-order valence-electron chi connectivity index (χ2n) is 5.19. The second kappa shape index (κ2) is 7.22. The Bertz CT molecular complexity index is 657. The normalized spacial score (nSPS) is 10.6. The van der Waals surface area contributed by atoms with Crippen molar-refractivity contribution in [3.63, 3.8) is 0 Å². The zero-order chi connectivity index (χ0) is 16.1. The fourth-order valence-electron chi connectivity index (χ4n) is 1.84. The molecule has 0 radical (unpaired) electrons. The molecule has 22 heavy (non-hydrogen) atoms. The summed E-state index contributed by atoms with van der Waals surface area (Å²) in [6, 6.07) is 9.01. The number of amides is 1. The Morgan fingerprint density at radius 1 is 1.27 bits per heavy atom. The summed E-state index contributed by atoms with van der Waals surface area (Å²) in [5.41, 5.74) is 1.60. The lowest BCUT2D eigenvalue weighted by molar-refractivity contribution is -0.123. The van der Waals surface area contributed by atoms with Crippen molar-refractivity contribution in [1.82, 2.24) is 15.3 Å². The van der Waals surface area contributed by atoms with E-state index in [9.17, 15) is 4.79 Å². The number of nitrogens with zero attached hydrogens (tertiary/aromatic N) is 2. The molecule has 0 atom stereocenters. The summed E-state index contributed by atoms with van der Waals surface area (Å²) >= 11 is 5.88. The largest absolute Gasteiger partial charge is 0.467 e. The number of benzene rings is 1. The van der Waals surface area contributed by atoms with Gasteiger partial charge in [-0.25, -0.2) is 4.98 Å². The van der Waals surface area contributed by atoms with Crippen LogP contribution in [0.4, 0.5) is 0 Å². The van der Waals surface area contributed by atoms with Crippen molar-refractivity contribution in [2.75, 3.05) is 6.61 Å². The molecule has 0 aliphatic rings. The van der Waals surface area contributed by atoms with Crippen molar-refractivity contribution < 1.29 is 9.53 Å². The van der Waals surface area contributed by atoms with Crippen molar-refractivity contribution in [1.29, 1.82) is 0 Å². The molecule has 5 nitrogen and oxygen atoms in total. The third-order valence-electron chi connectivity index (χ3n) is 2.73. The topological polar surface area (TPSA) is 64.1 Å². The van der Waals surface area contributed by atoms with Crippen LogP contribution in [0.15, 0.2) is 30.3 Å². The number of hydrogen-bond acceptors (Lipinski definition) is 4. The van der Waals surface area contributed by atoms with Crippen LogP contribution in [0.25, 0.3) is 11.4 Å². The Hall–Kier alpha value is -2.14. The quantitative estimate of drug-likeness (QED) is 0.920. The summed E-state index contributed by atoms with van der Waals surface area (Å²) in [5.74, 6) is 0.728. The lowest BCUT2D eigenvalue weighted by atomic mass is 10.2. The molecule has 0 aliphatic heterocycles. The van der Waals surface area contributed by atoms with E-state index < -0.39 is 0 Å². The van der Waals surface area contributed by atoms with E-state index in [1.807, 2.05) is 32.9 Å². The van der Waals surface area contributed by atoms with Gasteiger partial charge < -0.3 is 10.1 Å². The van der Waals surface area contributed by atoms with E-state index in [1.54, 1.807) is 18.2 Å². The highest BCUT2D eigenvalue weighted by atomic mass is 35.5. The first-order valence-corrected chi connectivity index (χ1v) is 7.35. The number of carbonyl (C=O) groups excluding carboxylic acids is 1. The molecule has 0 aliphatic carbocycles. The summed E-state index contributed by atoms with van der Waals surface area (Å²) in [4.78, 5) is 20.3. The maximum absolute atomic E-state index is 11.6. The van der Waals surface area contributed by atoms with E-state index in [0.717, 1.165) is 11.3 Å². The Morgan fingerprint density at radius 2 is 1.95 bits per heavy atom. The Balaban J connectivity index is 2.13. The lowest BCUT2D eigenvalue weighted by Crippen LogP contribution is -2.34. The van der Waals surface area contributed by atoms with Crippen molar-refractivity contribution in [2.45, 2.75) is 26.8 Å². The van der Waals surface area contributed by atoms with Crippen molar-refractivity contribution in [3.8, 4) is 17.3 Å². The molecule has 2 rings (SSSR count). The molecule has 1 N–H and O–H groups in total. The van der Waals surface area contributed by atoms with Gasteiger partial charge in [-0.05, 0) is 45.0 Å². The number of carbonyl (C=O) groups is 1. The SMILES string of the molecule is Cc1cc(OCC(=O)NC(C)C)nc(-c2ccc(Cl)cc2)n1. The minimum Gasteiger partial charge on any atom is -0.467 e. The molecule has 1 heterocycles. The van der Waals surface area contributed by atoms with E-state index in [1.165, 1.54) is 0 Å². The van der Waals surface area contributed by atoms with E-state index in [-0.39, 0.29) is 18.6 Å². The van der Waals surface area contributed by atoms with Crippen molar-refractivity contribution >= 4 is 17.5 Å². The molecular formula is C16H18ClN3O2. The summed E-state index contributed by atoms with van der Waals surface area (Å²) < 4.78 is 5.45. The Kier molecular flexibility index (Phi) is 5.33. The standard InChI is InChI=1S/C16H18ClN3O2/c1-10(2)18-14(21)9-22-15-8-11(3)19-16(20-15)12-4-6-13(17)7-5-12/h4-8,10H,9H2,1-3H3,(H,18,21). The summed E-state index contributed by atoms with van der Waals surface area (Å²) in [5, 5.41) is 3.41. The number of aromatic nitrogens is 2. The number of ether oxygens (including phenoxy) is 1. The minimum atomic E-state index is -0.181. The van der Waals surface area contributed by atoms with Gasteiger partial charge in [-0.2, -0.15) is 4.98 Å². The van der Waals surface area contributed by atoms with Gasteiger partial charge in [0, 0.05) is 28.4 Å². The smallest absolute Gasteiger partial charge is 0.258 e. The predicted octanol–water partition coefficient (Wildman–Crippen LogP) is 3.01. The summed E-state index contributed by atoms with van der Waals surface area (Å²) in [7, 11) is 0. The Morgan fingerprint density at radius 3 is 2.59 bits per heavy atom. The first kappa shape index (κ1) is 16.2. The second-order valence-corrected chi connectivity index (χ2v) is 5.63. The molecule has 0 saturated carbocycles. The maximum Gasteiger partial charge on any atom is 0.258 e. The highest BCUT2D eigenvalue weighted by molar-refractivity contribution is 6.30. The molecule has 1 amide bonds. The first-order chi connectivity index (χ1) is 10.4. The van der Waals surface area contributed by atoms with Crippen molar-refractivity contribution in [3.05, 3.63) is 41.0 Å². The summed E-state index contributed by atoms with van der Waals surface area (Å²) in [6.45, 7) is 5.56. The number of rotatable bonds is 5. The van der Waals surface area contributed by atoms with E-state index in [0.29, 0.717) is 16.7 Å². The van der Waals surface area contributed by atoms with Crippen LogP contribution in [0.5, 0.6) is 5.88 Å². The van der Waals surface area contributed by atoms with Crippen LogP contribution in [-0.4, -0.2) is 28.5 Å². The van der Waals surface area contributed by atoms with Gasteiger partial charge >= 0.3 is 0 Å². The van der Waals surface area contributed by atoms with Crippen LogP contribution < -0.4 is 10.1 Å². The predicted molar refractivity (Wildman–Crippen MR) is 86.0 cm³/mol. The average Bonchev–Trinajstić information content (AvgIpc) is 2.44. The number of aryl methyl sites for hydroxylation is 1. The highest BCUT2D eigenvalue weighted by Crippen LogP contribution is 2.21. The third kappa shape index (κ3) is 4.70. The number of halogens is 1. The number of hydrogen-bond donors (Lipinski definition) is 1. The Labute approximate surface area is 134 Å². The van der Waals surface area contributed by atoms with Gasteiger partial charge in [-0.3, -0.25) is 4.79 Å². The molecule has 0 unspecified atom stereocenters. The van der Waals surface area contributed by atoms with Gasteiger partial charge in [0.1, 0.15) is 0 Å². The molecular weight excluding hydrogens is 302 g/mol. The van der Waals surface area contributed by atoms with Crippen LogP contribution in [0, 0.1) is 6.92 Å². The van der Waals surface area contributed by atoms with Gasteiger partial charge in [0.25, 0.3) is 5.91 Å². The van der Waals surface area contributed by atoms with Crippen molar-refractivity contribution in [2.24, 2.45) is 0 Å². The van der Waals surface area contributed by atoms with Gasteiger partial charge in [0.05, 0.1) is 0 Å². The van der Waals surface area contributed by atoms with Crippen LogP contribution in [0.3, 0.4) is 0 Å². The van der Waals surface area contributed by atoms with E-state index in [4.69, 9.17) is 16.3 Å². The van der Waals surface area contributed by atoms with Gasteiger partial charge in [0.2, 0.25) is 5.88 Å². The van der Waals surface area contributed by atoms with Crippen LogP contribution in [0.1, 0.15) is 19.5 Å². The van der Waals surface area contributed by atoms with Gasteiger partial charge in [-0.15, -0.1) is 0 Å². The minimum absolute atomic E-state index is 0.0747. The molecule has 116 valence electrons. The maximum atomic E-state index is 11.6. The lowest BCUT2D eigenvalue weighted by Gasteiger charge is -2.10. The molecule has 1 aromatic heterocycles. The van der Waals surface area contributed by atoms with Gasteiger partial charge in [-0.1, -0.05) is 11.6 Å². The fraction of sp³-hybridized carbons (Fsp3) is 0.312. The molecule has 0 spiro atoms. The number of nitrogens with one attached hydrogen (secondary N) is 1.